The van der Waals surface area contributed by atoms with E-state index in [-0.39, 0.29) is 6.03 Å². The number of rotatable bonds is 3. The minimum atomic E-state index is -0.110. The molecule has 0 unspecified atom stereocenters. The van der Waals surface area contributed by atoms with Crippen LogP contribution in [0.15, 0.2) is 51.6 Å². The highest BCUT2D eigenvalue weighted by molar-refractivity contribution is 9.10. The fraction of sp³-hybridized carbons (Fsp3) is 0.312. The third kappa shape index (κ3) is 3.90. The Hall–Kier alpha value is -1.79. The Balaban J connectivity index is 1.48. The van der Waals surface area contributed by atoms with E-state index in [9.17, 15) is 4.79 Å². The van der Waals surface area contributed by atoms with Crippen LogP contribution in [0.1, 0.15) is 5.56 Å². The van der Waals surface area contributed by atoms with E-state index in [1.54, 1.807) is 12.1 Å². The molecule has 0 atom stereocenters. The van der Waals surface area contributed by atoms with E-state index in [1.807, 2.05) is 11.0 Å². The van der Waals surface area contributed by atoms with Crippen molar-refractivity contribution in [2.45, 2.75) is 6.54 Å². The molecule has 1 fully saturated rings. The second-order valence-corrected chi connectivity index (χ2v) is 6.06. The van der Waals surface area contributed by atoms with Gasteiger partial charge >= 0.3 is 6.03 Å². The largest absolute Gasteiger partial charge is 0.434 e. The lowest BCUT2D eigenvalue weighted by molar-refractivity contribution is 0.142. The molecule has 1 aliphatic rings. The second kappa shape index (κ2) is 6.98. The maximum atomic E-state index is 12.2. The van der Waals surface area contributed by atoms with Gasteiger partial charge in [0.1, 0.15) is 0 Å². The zero-order valence-corrected chi connectivity index (χ0v) is 13.8. The van der Waals surface area contributed by atoms with Gasteiger partial charge in [-0.05, 0) is 27.6 Å². The number of hydrogen-bond donors (Lipinski definition) is 1. The molecule has 116 valence electrons. The molecule has 0 aliphatic carbocycles. The highest BCUT2D eigenvalue weighted by Gasteiger charge is 2.21. The number of carbonyl (C=O) groups excluding carboxylic acids is 1. The van der Waals surface area contributed by atoms with Gasteiger partial charge in [0.15, 0.2) is 4.67 Å². The van der Waals surface area contributed by atoms with Crippen molar-refractivity contribution >= 4 is 27.8 Å². The normalized spacial score (nSPS) is 15.8. The number of urea groups is 1. The van der Waals surface area contributed by atoms with E-state index < -0.39 is 0 Å². The molecule has 3 rings (SSSR count). The zero-order valence-electron chi connectivity index (χ0n) is 12.2. The number of halogens is 1. The standard InChI is InChI=1S/C16H18BrN3O2/c17-14-6-7-15(22-14)18-16(21)20-10-8-19(9-11-20)12-13-4-2-1-3-5-13/h1-7H,8-12H2,(H,18,21). The van der Waals surface area contributed by atoms with Crippen molar-refractivity contribution in [2.24, 2.45) is 0 Å². The average molecular weight is 364 g/mol. The van der Waals surface area contributed by atoms with Gasteiger partial charge in [-0.1, -0.05) is 30.3 Å². The van der Waals surface area contributed by atoms with Crippen LogP contribution in [-0.4, -0.2) is 42.0 Å². The van der Waals surface area contributed by atoms with E-state index in [2.05, 4.69) is 50.4 Å². The Labute approximate surface area is 138 Å². The van der Waals surface area contributed by atoms with Crippen LogP contribution in [0.3, 0.4) is 0 Å². The summed E-state index contributed by atoms with van der Waals surface area (Å²) >= 11 is 3.22. The Morgan fingerprint density at radius 2 is 1.82 bits per heavy atom. The van der Waals surface area contributed by atoms with Crippen molar-refractivity contribution < 1.29 is 9.21 Å². The highest BCUT2D eigenvalue weighted by atomic mass is 79.9. The average Bonchev–Trinajstić information content (AvgIpc) is 2.94. The van der Waals surface area contributed by atoms with Gasteiger partial charge in [0, 0.05) is 38.8 Å². The number of nitrogens with one attached hydrogen (secondary N) is 1. The molecule has 22 heavy (non-hydrogen) atoms. The van der Waals surface area contributed by atoms with Gasteiger partial charge in [0.2, 0.25) is 5.88 Å². The van der Waals surface area contributed by atoms with Crippen molar-refractivity contribution in [1.29, 1.82) is 0 Å². The number of hydrogen-bond acceptors (Lipinski definition) is 3. The van der Waals surface area contributed by atoms with Crippen molar-refractivity contribution in [3.05, 3.63) is 52.7 Å². The summed E-state index contributed by atoms with van der Waals surface area (Å²) in [5, 5.41) is 2.77. The smallest absolute Gasteiger partial charge is 0.324 e. The van der Waals surface area contributed by atoms with Crippen LogP contribution >= 0.6 is 15.9 Å². The minimum Gasteiger partial charge on any atom is -0.434 e. The molecule has 1 aromatic heterocycles. The summed E-state index contributed by atoms with van der Waals surface area (Å²) < 4.78 is 5.90. The molecule has 0 spiro atoms. The number of nitrogens with zero attached hydrogens (tertiary/aromatic N) is 2. The first-order chi connectivity index (χ1) is 10.7. The van der Waals surface area contributed by atoms with E-state index in [1.165, 1.54) is 5.56 Å². The molecule has 0 saturated carbocycles. The maximum Gasteiger partial charge on any atom is 0.324 e. The van der Waals surface area contributed by atoms with Gasteiger partial charge in [0.25, 0.3) is 0 Å². The van der Waals surface area contributed by atoms with Crippen molar-refractivity contribution in [3.63, 3.8) is 0 Å². The van der Waals surface area contributed by atoms with Crippen molar-refractivity contribution in [2.75, 3.05) is 31.5 Å². The monoisotopic (exact) mass is 363 g/mol. The number of benzene rings is 1. The fourth-order valence-corrected chi connectivity index (χ4v) is 2.82. The minimum absolute atomic E-state index is 0.110. The number of anilines is 1. The summed E-state index contributed by atoms with van der Waals surface area (Å²) in [7, 11) is 0. The summed E-state index contributed by atoms with van der Waals surface area (Å²) in [6, 6.07) is 13.8. The third-order valence-corrected chi connectivity index (χ3v) is 4.14. The first-order valence-electron chi connectivity index (χ1n) is 7.28. The summed E-state index contributed by atoms with van der Waals surface area (Å²) in [4.78, 5) is 16.3. The quantitative estimate of drug-likeness (QED) is 0.908. The fourth-order valence-electron chi connectivity index (χ4n) is 2.52. The second-order valence-electron chi connectivity index (χ2n) is 5.28. The van der Waals surface area contributed by atoms with Crippen LogP contribution in [0.4, 0.5) is 10.7 Å². The molecule has 0 radical (unpaired) electrons. The molecule has 2 amide bonds. The topological polar surface area (TPSA) is 48.7 Å². The number of furan rings is 1. The van der Waals surface area contributed by atoms with E-state index in [0.717, 1.165) is 32.7 Å². The Kier molecular flexibility index (Phi) is 4.80. The number of piperazine rings is 1. The lowest BCUT2D eigenvalue weighted by Gasteiger charge is -2.34. The molecule has 1 saturated heterocycles. The zero-order chi connectivity index (χ0) is 15.4. The Bertz CT molecular complexity index is 621. The molecule has 1 N–H and O–H groups in total. The molecule has 5 nitrogen and oxygen atoms in total. The lowest BCUT2D eigenvalue weighted by Crippen LogP contribution is -2.49. The highest BCUT2D eigenvalue weighted by Crippen LogP contribution is 2.19. The Morgan fingerprint density at radius 1 is 1.09 bits per heavy atom. The SMILES string of the molecule is O=C(Nc1ccc(Br)o1)N1CCN(Cc2ccccc2)CC1. The van der Waals surface area contributed by atoms with Crippen LogP contribution in [0.2, 0.25) is 0 Å². The van der Waals surface area contributed by atoms with Crippen LogP contribution in [0, 0.1) is 0 Å². The van der Waals surface area contributed by atoms with Crippen LogP contribution < -0.4 is 5.32 Å². The molecule has 2 heterocycles. The summed E-state index contributed by atoms with van der Waals surface area (Å²) in [5.41, 5.74) is 1.31. The summed E-state index contributed by atoms with van der Waals surface area (Å²) in [6.45, 7) is 4.14. The van der Waals surface area contributed by atoms with Gasteiger partial charge in [-0.3, -0.25) is 10.2 Å². The van der Waals surface area contributed by atoms with Gasteiger partial charge < -0.3 is 9.32 Å². The molecule has 2 aromatic rings. The van der Waals surface area contributed by atoms with E-state index in [4.69, 9.17) is 4.42 Å². The molecular weight excluding hydrogens is 346 g/mol. The van der Waals surface area contributed by atoms with Gasteiger partial charge in [0.05, 0.1) is 0 Å². The van der Waals surface area contributed by atoms with Crippen molar-refractivity contribution in [1.82, 2.24) is 9.80 Å². The van der Waals surface area contributed by atoms with E-state index >= 15 is 0 Å². The molecular formula is C16H18BrN3O2. The Morgan fingerprint density at radius 3 is 2.45 bits per heavy atom. The van der Waals surface area contributed by atoms with Crippen LogP contribution in [-0.2, 0) is 6.54 Å². The van der Waals surface area contributed by atoms with E-state index in [0.29, 0.717) is 10.6 Å². The van der Waals surface area contributed by atoms with Gasteiger partial charge in [-0.25, -0.2) is 4.79 Å². The lowest BCUT2D eigenvalue weighted by atomic mass is 10.2. The third-order valence-electron chi connectivity index (χ3n) is 3.71. The number of carbonyl (C=O) groups is 1. The summed E-state index contributed by atoms with van der Waals surface area (Å²) in [6.07, 6.45) is 0. The van der Waals surface area contributed by atoms with Crippen molar-refractivity contribution in [3.8, 4) is 0 Å². The summed E-state index contributed by atoms with van der Waals surface area (Å²) in [5.74, 6) is 0.462. The molecule has 1 aromatic carbocycles. The molecule has 0 bridgehead atoms. The predicted octanol–water partition coefficient (Wildman–Crippen LogP) is 3.39. The predicted molar refractivity (Wildman–Crippen MR) is 88.7 cm³/mol. The first kappa shape index (κ1) is 15.1. The number of amides is 2. The van der Waals surface area contributed by atoms with Crippen LogP contribution in [0.25, 0.3) is 0 Å². The van der Waals surface area contributed by atoms with Crippen LogP contribution in [0.5, 0.6) is 0 Å². The van der Waals surface area contributed by atoms with Gasteiger partial charge in [-0.2, -0.15) is 0 Å². The van der Waals surface area contributed by atoms with Gasteiger partial charge in [-0.15, -0.1) is 0 Å². The molecule has 1 aliphatic heterocycles. The molecule has 6 heteroatoms. The first-order valence-corrected chi connectivity index (χ1v) is 8.07. The maximum absolute atomic E-state index is 12.2.